The number of hydrogen-bond donors (Lipinski definition) is 1. The van der Waals surface area contributed by atoms with Crippen LogP contribution in [0.4, 0.5) is 0 Å². The third-order valence-electron chi connectivity index (χ3n) is 3.45. The molecule has 1 heterocycles. The maximum absolute atomic E-state index is 5.98. The Kier molecular flexibility index (Phi) is 3.49. The monoisotopic (exact) mass is 245 g/mol. The van der Waals surface area contributed by atoms with Gasteiger partial charge in [-0.25, -0.2) is 0 Å². The van der Waals surface area contributed by atoms with E-state index in [2.05, 4.69) is 57.3 Å². The number of nitrogens with one attached hydrogen (secondary N) is 1. The van der Waals surface area contributed by atoms with E-state index in [1.165, 1.54) is 10.9 Å². The first-order valence-electron chi connectivity index (χ1n) is 6.65. The van der Waals surface area contributed by atoms with E-state index >= 15 is 0 Å². The molecule has 0 saturated heterocycles. The highest BCUT2D eigenvalue weighted by molar-refractivity contribution is 5.78. The average molecular weight is 245 g/mol. The Labute approximate surface area is 109 Å². The molecule has 0 amide bonds. The third-order valence-corrected chi connectivity index (χ3v) is 3.45. The van der Waals surface area contributed by atoms with Crippen molar-refractivity contribution >= 4 is 11.0 Å². The second-order valence-corrected chi connectivity index (χ2v) is 5.96. The molecule has 1 aromatic carbocycles. The maximum Gasteiger partial charge on any atom is 0.134 e. The van der Waals surface area contributed by atoms with Gasteiger partial charge < -0.3 is 9.73 Å². The second kappa shape index (κ2) is 4.77. The van der Waals surface area contributed by atoms with Crippen LogP contribution >= 0.6 is 0 Å². The molecule has 0 bridgehead atoms. The smallest absolute Gasteiger partial charge is 0.134 e. The van der Waals surface area contributed by atoms with E-state index < -0.39 is 0 Å². The van der Waals surface area contributed by atoms with Crippen LogP contribution in [0, 0.1) is 5.41 Å². The zero-order valence-corrected chi connectivity index (χ0v) is 12.0. The fourth-order valence-electron chi connectivity index (χ4n) is 2.48. The zero-order chi connectivity index (χ0) is 13.3. The van der Waals surface area contributed by atoms with Gasteiger partial charge in [0, 0.05) is 5.39 Å². The molecule has 0 fully saturated rings. The van der Waals surface area contributed by atoms with E-state index in [4.69, 9.17) is 4.42 Å². The summed E-state index contributed by atoms with van der Waals surface area (Å²) in [5, 5.41) is 4.56. The summed E-state index contributed by atoms with van der Waals surface area (Å²) in [5.41, 5.74) is 2.47. The van der Waals surface area contributed by atoms with Gasteiger partial charge in [-0.3, -0.25) is 0 Å². The molecular formula is C16H23NO. The molecule has 1 N–H and O–H groups in total. The Balaban J connectivity index is 2.46. The number of fused-ring (bicyclic) bond motifs is 1. The minimum Gasteiger partial charge on any atom is -0.459 e. The van der Waals surface area contributed by atoms with Crippen molar-refractivity contribution in [2.75, 3.05) is 7.05 Å². The van der Waals surface area contributed by atoms with Crippen LogP contribution in [0.15, 0.2) is 28.7 Å². The molecule has 1 atom stereocenters. The van der Waals surface area contributed by atoms with Gasteiger partial charge in [0.2, 0.25) is 0 Å². The summed E-state index contributed by atoms with van der Waals surface area (Å²) in [5.74, 6) is 1.02. The van der Waals surface area contributed by atoms with Crippen LogP contribution in [0.2, 0.25) is 0 Å². The second-order valence-electron chi connectivity index (χ2n) is 5.96. The number of aryl methyl sites for hydroxylation is 1. The molecule has 1 aromatic heterocycles. The topological polar surface area (TPSA) is 25.2 Å². The van der Waals surface area contributed by atoms with Gasteiger partial charge in [0.15, 0.2) is 0 Å². The molecule has 98 valence electrons. The van der Waals surface area contributed by atoms with Crippen LogP contribution in [-0.2, 0) is 6.42 Å². The van der Waals surface area contributed by atoms with Crippen molar-refractivity contribution in [3.63, 3.8) is 0 Å². The molecule has 2 aromatic rings. The minimum atomic E-state index is 0.135. The van der Waals surface area contributed by atoms with Gasteiger partial charge in [-0.15, -0.1) is 0 Å². The summed E-state index contributed by atoms with van der Waals surface area (Å²) in [6.45, 7) is 8.84. The van der Waals surface area contributed by atoms with Gasteiger partial charge in [-0.05, 0) is 42.6 Å². The minimum absolute atomic E-state index is 0.135. The molecular weight excluding hydrogens is 222 g/mol. The Morgan fingerprint density at radius 1 is 1.22 bits per heavy atom. The summed E-state index contributed by atoms with van der Waals surface area (Å²) < 4.78 is 5.98. The van der Waals surface area contributed by atoms with Crippen molar-refractivity contribution in [1.29, 1.82) is 0 Å². The standard InChI is InChI=1S/C16H23NO/c1-6-11-7-8-13-12(9-11)10-14(18-13)15(17-5)16(2,3)4/h7-10,15,17H,6H2,1-5H3. The first-order valence-corrected chi connectivity index (χ1v) is 6.65. The Bertz CT molecular complexity index is 534. The molecule has 2 nitrogen and oxygen atoms in total. The summed E-state index contributed by atoms with van der Waals surface area (Å²) in [7, 11) is 1.99. The van der Waals surface area contributed by atoms with E-state index in [-0.39, 0.29) is 11.5 Å². The van der Waals surface area contributed by atoms with E-state index in [9.17, 15) is 0 Å². The summed E-state index contributed by atoms with van der Waals surface area (Å²) in [4.78, 5) is 0. The molecule has 0 saturated carbocycles. The summed E-state index contributed by atoms with van der Waals surface area (Å²) in [6.07, 6.45) is 1.06. The average Bonchev–Trinajstić information content (AvgIpc) is 2.69. The number of furan rings is 1. The van der Waals surface area contributed by atoms with Gasteiger partial charge >= 0.3 is 0 Å². The lowest BCUT2D eigenvalue weighted by Gasteiger charge is -2.28. The lowest BCUT2D eigenvalue weighted by atomic mass is 9.85. The quantitative estimate of drug-likeness (QED) is 0.872. The molecule has 0 spiro atoms. The lowest BCUT2D eigenvalue weighted by molar-refractivity contribution is 0.253. The summed E-state index contributed by atoms with van der Waals surface area (Å²) >= 11 is 0. The largest absolute Gasteiger partial charge is 0.459 e. The third kappa shape index (κ3) is 2.44. The molecule has 0 aliphatic rings. The molecule has 1 unspecified atom stereocenters. The molecule has 2 heteroatoms. The molecule has 0 aliphatic heterocycles. The van der Waals surface area contributed by atoms with Crippen LogP contribution in [-0.4, -0.2) is 7.05 Å². The first kappa shape index (κ1) is 13.2. The van der Waals surface area contributed by atoms with Crippen molar-refractivity contribution < 1.29 is 4.42 Å². The highest BCUT2D eigenvalue weighted by Crippen LogP contribution is 2.35. The summed E-state index contributed by atoms with van der Waals surface area (Å²) in [6, 6.07) is 8.84. The normalized spacial score (nSPS) is 14.1. The van der Waals surface area contributed by atoms with Gasteiger partial charge in [0.05, 0.1) is 6.04 Å². The number of hydrogen-bond acceptors (Lipinski definition) is 2. The predicted molar refractivity (Wildman–Crippen MR) is 76.8 cm³/mol. The van der Waals surface area contributed by atoms with E-state index in [1.807, 2.05) is 7.05 Å². The lowest BCUT2D eigenvalue weighted by Crippen LogP contribution is -2.29. The first-order chi connectivity index (χ1) is 8.45. The van der Waals surface area contributed by atoms with Crippen LogP contribution < -0.4 is 5.32 Å². The Morgan fingerprint density at radius 3 is 2.50 bits per heavy atom. The van der Waals surface area contributed by atoms with Crippen LogP contribution in [0.25, 0.3) is 11.0 Å². The van der Waals surface area contributed by atoms with E-state index in [1.54, 1.807) is 0 Å². The number of benzene rings is 1. The predicted octanol–water partition coefficient (Wildman–Crippen LogP) is 4.30. The van der Waals surface area contributed by atoms with Crippen molar-refractivity contribution in [2.45, 2.75) is 40.2 Å². The van der Waals surface area contributed by atoms with Crippen LogP contribution in [0.1, 0.15) is 45.1 Å². The number of rotatable bonds is 3. The van der Waals surface area contributed by atoms with Crippen molar-refractivity contribution in [3.05, 3.63) is 35.6 Å². The van der Waals surface area contributed by atoms with E-state index in [0.29, 0.717) is 0 Å². The van der Waals surface area contributed by atoms with Gasteiger partial charge in [0.1, 0.15) is 11.3 Å². The fourth-order valence-corrected chi connectivity index (χ4v) is 2.48. The Hall–Kier alpha value is -1.28. The molecule has 0 radical (unpaired) electrons. The van der Waals surface area contributed by atoms with Gasteiger partial charge in [-0.2, -0.15) is 0 Å². The highest BCUT2D eigenvalue weighted by atomic mass is 16.3. The molecule has 18 heavy (non-hydrogen) atoms. The molecule has 0 aliphatic carbocycles. The SMILES string of the molecule is CCc1ccc2oc(C(NC)C(C)(C)C)cc2c1. The maximum atomic E-state index is 5.98. The zero-order valence-electron chi connectivity index (χ0n) is 12.0. The van der Waals surface area contributed by atoms with Gasteiger partial charge in [0.25, 0.3) is 0 Å². The highest BCUT2D eigenvalue weighted by Gasteiger charge is 2.27. The Morgan fingerprint density at radius 2 is 1.94 bits per heavy atom. The van der Waals surface area contributed by atoms with Crippen molar-refractivity contribution in [3.8, 4) is 0 Å². The van der Waals surface area contributed by atoms with Crippen LogP contribution in [0.5, 0.6) is 0 Å². The van der Waals surface area contributed by atoms with Crippen molar-refractivity contribution in [2.24, 2.45) is 5.41 Å². The molecule has 2 rings (SSSR count). The fraction of sp³-hybridized carbons (Fsp3) is 0.500. The van der Waals surface area contributed by atoms with Gasteiger partial charge in [-0.1, -0.05) is 33.8 Å². The van der Waals surface area contributed by atoms with Crippen LogP contribution in [0.3, 0.4) is 0 Å². The van der Waals surface area contributed by atoms with Crippen molar-refractivity contribution in [1.82, 2.24) is 5.32 Å². The van der Waals surface area contributed by atoms with E-state index in [0.717, 1.165) is 17.8 Å².